The maximum Gasteiger partial charge on any atom is 0.0741 e. The van der Waals surface area contributed by atoms with Gasteiger partial charge in [0.15, 0.2) is 0 Å². The van der Waals surface area contributed by atoms with Crippen LogP contribution in [0.25, 0.3) is 0 Å². The summed E-state index contributed by atoms with van der Waals surface area (Å²) in [6, 6.07) is 12.7. The predicted octanol–water partition coefficient (Wildman–Crippen LogP) is 3.64. The predicted molar refractivity (Wildman–Crippen MR) is 75.1 cm³/mol. The Hall–Kier alpha value is -0.823. The molecule has 0 bridgehead atoms. The molecule has 0 aromatic heterocycles. The molecular weight excluding hydrogens is 208 g/mol. The molecule has 1 aliphatic carbocycles. The molecule has 0 nitrogen and oxygen atoms in total. The zero-order valence-corrected chi connectivity index (χ0v) is 11.2. The van der Waals surface area contributed by atoms with E-state index >= 15 is 0 Å². The third-order valence-electron chi connectivity index (χ3n) is 3.88. The Morgan fingerprint density at radius 3 is 2.50 bits per heavy atom. The first-order valence-electron chi connectivity index (χ1n) is 6.57. The van der Waals surface area contributed by atoms with Gasteiger partial charge in [0.2, 0.25) is 0 Å². The minimum atomic E-state index is -0.733. The lowest BCUT2D eigenvalue weighted by Crippen LogP contribution is -2.33. The van der Waals surface area contributed by atoms with Gasteiger partial charge in [0, 0.05) is 0 Å². The highest BCUT2D eigenvalue weighted by Gasteiger charge is 2.26. The molecule has 0 spiro atoms. The van der Waals surface area contributed by atoms with Gasteiger partial charge in [0.1, 0.15) is 0 Å². The maximum absolute atomic E-state index is 3.88. The Balaban J connectivity index is 2.10. The quantitative estimate of drug-likeness (QED) is 0.535. The fraction of sp³-hybridized carbons (Fsp3) is 0.467. The first-order chi connectivity index (χ1) is 7.92. The fourth-order valence-electron chi connectivity index (χ4n) is 3.03. The van der Waals surface area contributed by atoms with Crippen LogP contribution in [-0.4, -0.2) is 8.80 Å². The number of allylic oxidation sites excluding steroid dienone is 1. The SMILES string of the molecule is C=CCC[SiH](c1ccccc1)C1CCCC1. The smallest absolute Gasteiger partial charge is 0.0741 e. The highest BCUT2D eigenvalue weighted by Crippen LogP contribution is 2.34. The third kappa shape index (κ3) is 2.85. The van der Waals surface area contributed by atoms with Crippen LogP contribution in [0.4, 0.5) is 0 Å². The molecule has 1 heteroatoms. The van der Waals surface area contributed by atoms with Crippen LogP contribution in [0, 0.1) is 0 Å². The molecule has 1 aliphatic rings. The average molecular weight is 230 g/mol. The Kier molecular flexibility index (Phi) is 4.40. The highest BCUT2D eigenvalue weighted by atomic mass is 28.3. The molecule has 0 N–H and O–H groups in total. The fourth-order valence-corrected chi connectivity index (χ4v) is 6.97. The molecule has 1 unspecified atom stereocenters. The summed E-state index contributed by atoms with van der Waals surface area (Å²) in [5.41, 5.74) is 1.06. The number of hydrogen-bond acceptors (Lipinski definition) is 0. The van der Waals surface area contributed by atoms with Gasteiger partial charge < -0.3 is 0 Å². The summed E-state index contributed by atoms with van der Waals surface area (Å²) in [6.45, 7) is 3.88. The molecule has 0 aliphatic heterocycles. The molecule has 0 radical (unpaired) electrons. The zero-order chi connectivity index (χ0) is 11.2. The van der Waals surface area contributed by atoms with Crippen LogP contribution in [0.15, 0.2) is 43.0 Å². The van der Waals surface area contributed by atoms with E-state index in [9.17, 15) is 0 Å². The summed E-state index contributed by atoms with van der Waals surface area (Å²) in [5.74, 6) is 0. The van der Waals surface area contributed by atoms with Gasteiger partial charge in [0.05, 0.1) is 8.80 Å². The van der Waals surface area contributed by atoms with Crippen molar-refractivity contribution in [3.05, 3.63) is 43.0 Å². The van der Waals surface area contributed by atoms with Crippen LogP contribution in [0.1, 0.15) is 32.1 Å². The van der Waals surface area contributed by atoms with Crippen molar-refractivity contribution in [2.45, 2.75) is 43.7 Å². The minimum absolute atomic E-state index is 0.733. The number of hydrogen-bond donors (Lipinski definition) is 0. The van der Waals surface area contributed by atoms with Crippen LogP contribution in [0.3, 0.4) is 0 Å². The van der Waals surface area contributed by atoms with E-state index in [4.69, 9.17) is 0 Å². The molecule has 86 valence electrons. The van der Waals surface area contributed by atoms with Gasteiger partial charge in [-0.1, -0.05) is 73.3 Å². The normalized spacial score (nSPS) is 18.5. The Bertz CT molecular complexity index is 311. The topological polar surface area (TPSA) is 0 Å². The molecule has 1 aromatic rings. The van der Waals surface area contributed by atoms with Crippen molar-refractivity contribution in [1.82, 2.24) is 0 Å². The molecule has 2 rings (SSSR count). The lowest BCUT2D eigenvalue weighted by molar-refractivity contribution is 0.849. The maximum atomic E-state index is 3.88. The van der Waals surface area contributed by atoms with Gasteiger partial charge in [-0.25, -0.2) is 0 Å². The van der Waals surface area contributed by atoms with Gasteiger partial charge in [-0.05, 0) is 12.0 Å². The van der Waals surface area contributed by atoms with E-state index in [0.717, 1.165) is 5.54 Å². The van der Waals surface area contributed by atoms with Crippen LogP contribution in [-0.2, 0) is 0 Å². The molecule has 16 heavy (non-hydrogen) atoms. The number of rotatable bonds is 5. The average Bonchev–Trinajstić information content (AvgIpc) is 2.85. The van der Waals surface area contributed by atoms with Crippen molar-refractivity contribution < 1.29 is 0 Å². The second-order valence-electron chi connectivity index (χ2n) is 4.93. The second kappa shape index (κ2) is 6.05. The largest absolute Gasteiger partial charge is 0.103 e. The number of benzene rings is 1. The Labute approximate surface area is 101 Å². The minimum Gasteiger partial charge on any atom is -0.103 e. The monoisotopic (exact) mass is 230 g/mol. The summed E-state index contributed by atoms with van der Waals surface area (Å²) >= 11 is 0. The van der Waals surface area contributed by atoms with Crippen LogP contribution >= 0.6 is 0 Å². The highest BCUT2D eigenvalue weighted by molar-refractivity contribution is 6.74. The van der Waals surface area contributed by atoms with E-state index in [2.05, 4.69) is 43.0 Å². The van der Waals surface area contributed by atoms with Gasteiger partial charge in [0.25, 0.3) is 0 Å². The van der Waals surface area contributed by atoms with E-state index in [1.165, 1.54) is 38.1 Å². The molecular formula is C15H22Si. The van der Waals surface area contributed by atoms with E-state index < -0.39 is 8.80 Å². The van der Waals surface area contributed by atoms with E-state index in [1.54, 1.807) is 5.19 Å². The van der Waals surface area contributed by atoms with Gasteiger partial charge in [-0.15, -0.1) is 6.58 Å². The molecule has 0 amide bonds. The Morgan fingerprint density at radius 1 is 1.19 bits per heavy atom. The molecule has 0 saturated heterocycles. The standard InChI is InChI=1S/C15H22Si/c1-2-3-13-16(15-11-7-8-12-15)14-9-5-4-6-10-14/h2,4-6,9-10,15-16H,1,3,7-8,11-13H2. The second-order valence-corrected chi connectivity index (χ2v) is 8.33. The van der Waals surface area contributed by atoms with Gasteiger partial charge >= 0.3 is 0 Å². The lowest BCUT2D eigenvalue weighted by Gasteiger charge is -2.21. The lowest BCUT2D eigenvalue weighted by atomic mass is 10.4. The summed E-state index contributed by atoms with van der Waals surface area (Å²) in [4.78, 5) is 0. The summed E-state index contributed by atoms with van der Waals surface area (Å²) in [5, 5.41) is 1.68. The molecule has 1 atom stereocenters. The van der Waals surface area contributed by atoms with E-state index in [-0.39, 0.29) is 0 Å². The first kappa shape index (κ1) is 11.7. The van der Waals surface area contributed by atoms with E-state index in [0.29, 0.717) is 0 Å². The van der Waals surface area contributed by atoms with Crippen molar-refractivity contribution in [3.8, 4) is 0 Å². The summed E-state index contributed by atoms with van der Waals surface area (Å²) in [6.07, 6.45) is 9.22. The molecule has 0 heterocycles. The van der Waals surface area contributed by atoms with E-state index in [1.807, 2.05) is 0 Å². The van der Waals surface area contributed by atoms with Crippen LogP contribution < -0.4 is 5.19 Å². The van der Waals surface area contributed by atoms with Crippen molar-refractivity contribution >= 4 is 14.0 Å². The van der Waals surface area contributed by atoms with Crippen LogP contribution in [0.5, 0.6) is 0 Å². The molecule has 1 aromatic carbocycles. The van der Waals surface area contributed by atoms with Crippen LogP contribution in [0.2, 0.25) is 11.6 Å². The molecule has 1 saturated carbocycles. The third-order valence-corrected chi connectivity index (χ3v) is 7.88. The Morgan fingerprint density at radius 2 is 1.88 bits per heavy atom. The van der Waals surface area contributed by atoms with Crippen molar-refractivity contribution in [3.63, 3.8) is 0 Å². The van der Waals surface area contributed by atoms with Crippen molar-refractivity contribution in [1.29, 1.82) is 0 Å². The van der Waals surface area contributed by atoms with Gasteiger partial charge in [-0.2, -0.15) is 0 Å². The summed E-state index contributed by atoms with van der Waals surface area (Å²) < 4.78 is 0. The van der Waals surface area contributed by atoms with Crippen molar-refractivity contribution in [2.24, 2.45) is 0 Å². The van der Waals surface area contributed by atoms with Gasteiger partial charge in [-0.3, -0.25) is 0 Å². The first-order valence-corrected chi connectivity index (χ1v) is 8.63. The molecule has 1 fully saturated rings. The zero-order valence-electron chi connectivity index (χ0n) is 10.1. The summed E-state index contributed by atoms with van der Waals surface area (Å²) in [7, 11) is -0.733. The van der Waals surface area contributed by atoms with Crippen molar-refractivity contribution in [2.75, 3.05) is 0 Å².